The van der Waals surface area contributed by atoms with E-state index in [1.165, 1.54) is 11.0 Å². The number of hydrogen-bond acceptors (Lipinski definition) is 5. The van der Waals surface area contributed by atoms with E-state index < -0.39 is 12.6 Å². The third-order valence-electron chi connectivity index (χ3n) is 7.74. The van der Waals surface area contributed by atoms with Gasteiger partial charge in [-0.3, -0.25) is 14.4 Å². The highest BCUT2D eigenvalue weighted by atomic mass is 16.5. The number of carbonyl (C=O) groups is 4. The van der Waals surface area contributed by atoms with Crippen molar-refractivity contribution in [2.24, 2.45) is 35.5 Å². The molecule has 33 heavy (non-hydrogen) atoms. The number of imide groups is 1. The van der Waals surface area contributed by atoms with E-state index in [2.05, 4.69) is 12.2 Å². The van der Waals surface area contributed by atoms with Gasteiger partial charge in [0, 0.05) is 5.56 Å². The Morgan fingerprint density at radius 3 is 2.15 bits per heavy atom. The maximum Gasteiger partial charge on any atom is 0.340 e. The molecule has 0 aromatic heterocycles. The van der Waals surface area contributed by atoms with Gasteiger partial charge in [0.1, 0.15) is 0 Å². The molecule has 0 N–H and O–H groups in total. The zero-order valence-corrected chi connectivity index (χ0v) is 18.1. The van der Waals surface area contributed by atoms with E-state index in [-0.39, 0.29) is 52.5 Å². The van der Waals surface area contributed by atoms with Gasteiger partial charge in [-0.05, 0) is 49.1 Å². The molecule has 7 rings (SSSR count). The quantitative estimate of drug-likeness (QED) is 0.307. The molecule has 166 valence electrons. The highest BCUT2D eigenvalue weighted by Crippen LogP contribution is 2.65. The lowest BCUT2D eigenvalue weighted by atomic mass is 9.63. The van der Waals surface area contributed by atoms with Crippen molar-refractivity contribution >= 4 is 29.3 Å². The third kappa shape index (κ3) is 3.00. The van der Waals surface area contributed by atoms with Gasteiger partial charge in [-0.2, -0.15) is 0 Å². The van der Waals surface area contributed by atoms with Crippen LogP contribution in [-0.2, 0) is 14.3 Å². The number of nitrogens with zero attached hydrogens (tertiary/aromatic N) is 1. The zero-order chi connectivity index (χ0) is 22.9. The summed E-state index contributed by atoms with van der Waals surface area (Å²) in [5.74, 6) is -0.969. The van der Waals surface area contributed by atoms with Crippen LogP contribution in [0.1, 0.15) is 32.7 Å². The van der Waals surface area contributed by atoms with E-state index in [0.29, 0.717) is 17.4 Å². The number of anilines is 1. The molecule has 3 fully saturated rings. The molecular weight excluding hydrogens is 418 g/mol. The van der Waals surface area contributed by atoms with Crippen LogP contribution in [0, 0.1) is 42.4 Å². The Morgan fingerprint density at radius 1 is 0.909 bits per heavy atom. The Hall–Kier alpha value is -3.54. The van der Waals surface area contributed by atoms with Gasteiger partial charge in [0.2, 0.25) is 11.8 Å². The van der Waals surface area contributed by atoms with Crippen LogP contribution in [0.3, 0.4) is 0 Å². The summed E-state index contributed by atoms with van der Waals surface area (Å²) in [7, 11) is 0. The summed E-state index contributed by atoms with van der Waals surface area (Å²) in [6.45, 7) is 1.51. The van der Waals surface area contributed by atoms with Crippen LogP contribution in [0.15, 0.2) is 60.7 Å². The first kappa shape index (κ1) is 20.1. The van der Waals surface area contributed by atoms with E-state index >= 15 is 0 Å². The largest absolute Gasteiger partial charge is 0.454 e. The van der Waals surface area contributed by atoms with Crippen molar-refractivity contribution in [1.82, 2.24) is 0 Å². The third-order valence-corrected chi connectivity index (χ3v) is 7.74. The summed E-state index contributed by atoms with van der Waals surface area (Å²) >= 11 is 0. The highest BCUT2D eigenvalue weighted by molar-refractivity contribution is 6.24. The zero-order valence-electron chi connectivity index (χ0n) is 18.1. The summed E-state index contributed by atoms with van der Waals surface area (Å²) < 4.78 is 5.29. The fraction of sp³-hybridized carbons (Fsp3) is 0.333. The van der Waals surface area contributed by atoms with Crippen LogP contribution < -0.4 is 4.90 Å². The molecule has 2 aromatic carbocycles. The molecule has 1 heterocycles. The summed E-state index contributed by atoms with van der Waals surface area (Å²) in [5, 5.41) is 0. The highest BCUT2D eigenvalue weighted by Gasteiger charge is 2.67. The molecule has 1 aliphatic heterocycles. The summed E-state index contributed by atoms with van der Waals surface area (Å²) in [6, 6.07) is 13.5. The monoisotopic (exact) mass is 441 g/mol. The van der Waals surface area contributed by atoms with Crippen LogP contribution in [0.4, 0.5) is 5.69 Å². The molecule has 5 aliphatic rings. The first-order chi connectivity index (χ1) is 16.0. The average Bonchev–Trinajstić information content (AvgIpc) is 3.61. The predicted octanol–water partition coefficient (Wildman–Crippen LogP) is 3.59. The Morgan fingerprint density at radius 2 is 1.52 bits per heavy atom. The average molecular weight is 441 g/mol. The van der Waals surface area contributed by atoms with Crippen molar-refractivity contribution in [2.45, 2.75) is 13.3 Å². The van der Waals surface area contributed by atoms with E-state index in [4.69, 9.17) is 4.74 Å². The molecule has 0 unspecified atom stereocenters. The van der Waals surface area contributed by atoms with Crippen LogP contribution in [0.2, 0.25) is 0 Å². The molecule has 2 aromatic rings. The summed E-state index contributed by atoms with van der Waals surface area (Å²) in [6.07, 6.45) is 5.32. The van der Waals surface area contributed by atoms with E-state index in [1.807, 2.05) is 19.1 Å². The molecule has 2 amide bonds. The lowest BCUT2D eigenvalue weighted by Gasteiger charge is -2.37. The lowest BCUT2D eigenvalue weighted by Crippen LogP contribution is -2.40. The second kappa shape index (κ2) is 7.24. The number of amides is 2. The molecular formula is C27H23NO5. The SMILES string of the molecule is Cc1ccc(C(=O)COC(=O)c2ccccc2N2C(=O)[C@H]3[C@@H]4C=C[C@@H]([C@H]5C[C@H]45)[C@@H]3C2=O)cc1. The Bertz CT molecular complexity index is 1190. The maximum atomic E-state index is 13.4. The topological polar surface area (TPSA) is 80.8 Å². The second-order valence-electron chi connectivity index (χ2n) is 9.55. The predicted molar refractivity (Wildman–Crippen MR) is 119 cm³/mol. The number of hydrogen-bond donors (Lipinski definition) is 0. The van der Waals surface area contributed by atoms with Gasteiger partial charge < -0.3 is 4.74 Å². The van der Waals surface area contributed by atoms with E-state index in [9.17, 15) is 19.2 Å². The van der Waals surface area contributed by atoms with Gasteiger partial charge in [0.15, 0.2) is 12.4 Å². The lowest BCUT2D eigenvalue weighted by molar-refractivity contribution is -0.124. The first-order valence-electron chi connectivity index (χ1n) is 11.4. The number of allylic oxidation sites excluding steroid dienone is 2. The summed E-state index contributed by atoms with van der Waals surface area (Å²) in [4.78, 5) is 53.4. The fourth-order valence-electron chi connectivity index (χ4n) is 6.07. The van der Waals surface area contributed by atoms with Crippen LogP contribution >= 0.6 is 0 Å². The minimum atomic E-state index is -0.731. The molecule has 2 saturated carbocycles. The molecule has 4 aliphatic carbocycles. The number of carbonyl (C=O) groups excluding carboxylic acids is 4. The standard InChI is InChI=1S/C27H23NO5/c1-14-6-8-15(9-7-14)22(29)13-33-27(32)18-4-2-3-5-21(18)28-25(30)23-16-10-11-17(20-12-19(16)20)24(23)26(28)31/h2-11,16-17,19-20,23-24H,12-13H2,1H3/t16-,17+,19-,20-,23+,24+/m1/s1. The molecule has 2 bridgehead atoms. The number of rotatable bonds is 5. The molecule has 6 nitrogen and oxygen atoms in total. The van der Waals surface area contributed by atoms with Gasteiger partial charge in [-0.25, -0.2) is 9.69 Å². The Balaban J connectivity index is 1.24. The first-order valence-corrected chi connectivity index (χ1v) is 11.4. The fourth-order valence-corrected chi connectivity index (χ4v) is 6.07. The van der Waals surface area contributed by atoms with E-state index in [0.717, 1.165) is 12.0 Å². The summed E-state index contributed by atoms with van der Waals surface area (Å²) in [5.41, 5.74) is 1.83. The molecule has 0 spiro atoms. The molecule has 1 saturated heterocycles. The Kier molecular flexibility index (Phi) is 4.41. The molecule has 6 atom stereocenters. The van der Waals surface area contributed by atoms with Gasteiger partial charge in [-0.1, -0.05) is 54.1 Å². The van der Waals surface area contributed by atoms with Crippen molar-refractivity contribution in [3.05, 3.63) is 77.4 Å². The Labute approximate surface area is 191 Å². The number of ketones is 1. The number of Topliss-reactive ketones (excluding diaryl/α,β-unsaturated/α-hetero) is 1. The second-order valence-corrected chi connectivity index (χ2v) is 9.55. The van der Waals surface area contributed by atoms with Crippen molar-refractivity contribution in [3.63, 3.8) is 0 Å². The van der Waals surface area contributed by atoms with Crippen molar-refractivity contribution in [2.75, 3.05) is 11.5 Å². The van der Waals surface area contributed by atoms with Gasteiger partial charge in [0.25, 0.3) is 0 Å². The van der Waals surface area contributed by atoms with Crippen molar-refractivity contribution < 1.29 is 23.9 Å². The minimum Gasteiger partial charge on any atom is -0.454 e. The van der Waals surface area contributed by atoms with Gasteiger partial charge in [0.05, 0.1) is 23.1 Å². The smallest absolute Gasteiger partial charge is 0.340 e. The number of aryl methyl sites for hydroxylation is 1. The maximum absolute atomic E-state index is 13.4. The minimum absolute atomic E-state index is 0.109. The normalized spacial score (nSPS) is 30.8. The van der Waals surface area contributed by atoms with Crippen molar-refractivity contribution in [3.8, 4) is 0 Å². The van der Waals surface area contributed by atoms with Crippen LogP contribution in [-0.4, -0.2) is 30.2 Å². The van der Waals surface area contributed by atoms with Crippen LogP contribution in [0.5, 0.6) is 0 Å². The molecule has 6 heteroatoms. The van der Waals surface area contributed by atoms with Gasteiger partial charge >= 0.3 is 5.97 Å². The number of esters is 1. The van der Waals surface area contributed by atoms with E-state index in [1.54, 1.807) is 30.3 Å². The van der Waals surface area contributed by atoms with Crippen LogP contribution in [0.25, 0.3) is 0 Å². The number of para-hydroxylation sites is 1. The number of ether oxygens (including phenoxy) is 1. The van der Waals surface area contributed by atoms with Crippen molar-refractivity contribution in [1.29, 1.82) is 0 Å². The molecule has 0 radical (unpaired) electrons. The van der Waals surface area contributed by atoms with Gasteiger partial charge in [-0.15, -0.1) is 0 Å². The number of benzene rings is 2.